The van der Waals surface area contributed by atoms with Gasteiger partial charge in [0, 0.05) is 11.8 Å². The molecule has 2 aromatic carbocycles. The lowest BCUT2D eigenvalue weighted by molar-refractivity contribution is -0.116. The Balaban J connectivity index is 2.41. The van der Waals surface area contributed by atoms with E-state index in [9.17, 15) is 9.18 Å². The number of Topliss-reactive ketones (excluding diaryl/α,β-unsaturated/α-hetero) is 1. The van der Waals surface area contributed by atoms with Crippen molar-refractivity contribution in [2.75, 3.05) is 7.11 Å². The molecule has 0 amide bonds. The Kier molecular flexibility index (Phi) is 3.60. The minimum absolute atomic E-state index is 0.0734. The lowest BCUT2D eigenvalue weighted by atomic mass is 10.0. The summed E-state index contributed by atoms with van der Waals surface area (Å²) in [5.41, 5.74) is 0.586. The first-order chi connectivity index (χ1) is 8.61. The van der Waals surface area contributed by atoms with Crippen molar-refractivity contribution in [3.63, 3.8) is 0 Å². The third-order valence-electron chi connectivity index (χ3n) is 2.99. The van der Waals surface area contributed by atoms with Crippen LogP contribution in [0.25, 0.3) is 10.8 Å². The van der Waals surface area contributed by atoms with Crippen molar-refractivity contribution < 1.29 is 13.9 Å². The standard InChI is InChI=1S/C15H15FO2/c1-10(17)3-4-11-5-6-12-9-13(18-2)7-8-14(12)15(11)16/h5-9H,3-4H2,1-2H3. The number of ether oxygens (including phenoxy) is 1. The third-order valence-corrected chi connectivity index (χ3v) is 2.99. The highest BCUT2D eigenvalue weighted by Crippen LogP contribution is 2.25. The Morgan fingerprint density at radius 2 is 2.06 bits per heavy atom. The van der Waals surface area contributed by atoms with Gasteiger partial charge in [-0.3, -0.25) is 0 Å². The zero-order valence-electron chi connectivity index (χ0n) is 10.5. The van der Waals surface area contributed by atoms with Crippen molar-refractivity contribution >= 4 is 16.6 Å². The molecule has 0 bridgehead atoms. The van der Waals surface area contributed by atoms with Crippen LogP contribution in [-0.2, 0) is 11.2 Å². The fraction of sp³-hybridized carbons (Fsp3) is 0.267. The molecule has 0 aliphatic rings. The average Bonchev–Trinajstić information content (AvgIpc) is 2.37. The number of hydrogen-bond donors (Lipinski definition) is 0. The van der Waals surface area contributed by atoms with Crippen LogP contribution in [0.4, 0.5) is 4.39 Å². The van der Waals surface area contributed by atoms with Crippen molar-refractivity contribution in [2.45, 2.75) is 19.8 Å². The molecule has 18 heavy (non-hydrogen) atoms. The number of carbonyl (C=O) groups excluding carboxylic acids is 1. The summed E-state index contributed by atoms with van der Waals surface area (Å²) in [6.07, 6.45) is 0.821. The summed E-state index contributed by atoms with van der Waals surface area (Å²) in [4.78, 5) is 10.9. The van der Waals surface area contributed by atoms with E-state index in [4.69, 9.17) is 4.74 Å². The molecule has 0 N–H and O–H groups in total. The second-order valence-corrected chi connectivity index (χ2v) is 4.33. The van der Waals surface area contributed by atoms with E-state index in [0.29, 0.717) is 29.5 Å². The molecule has 94 valence electrons. The first kappa shape index (κ1) is 12.6. The number of methoxy groups -OCH3 is 1. The first-order valence-corrected chi connectivity index (χ1v) is 5.86. The molecule has 0 radical (unpaired) electrons. The maximum absolute atomic E-state index is 14.2. The van der Waals surface area contributed by atoms with Crippen LogP contribution in [0, 0.1) is 5.82 Å². The Hall–Kier alpha value is -1.90. The minimum Gasteiger partial charge on any atom is -0.497 e. The average molecular weight is 246 g/mol. The van der Waals surface area contributed by atoms with Gasteiger partial charge in [0.1, 0.15) is 17.3 Å². The maximum Gasteiger partial charge on any atom is 0.134 e. The molecule has 2 rings (SSSR count). The molecule has 2 aromatic rings. The summed E-state index contributed by atoms with van der Waals surface area (Å²) in [5.74, 6) is 0.541. The first-order valence-electron chi connectivity index (χ1n) is 5.86. The number of carbonyl (C=O) groups is 1. The molecule has 0 aliphatic heterocycles. The van der Waals surface area contributed by atoms with E-state index >= 15 is 0 Å². The predicted molar refractivity (Wildman–Crippen MR) is 69.5 cm³/mol. The molecule has 0 saturated heterocycles. The van der Waals surface area contributed by atoms with Crippen LogP contribution in [0.15, 0.2) is 30.3 Å². The quantitative estimate of drug-likeness (QED) is 0.825. The third kappa shape index (κ3) is 2.50. The van der Waals surface area contributed by atoms with Crippen LogP contribution in [0.5, 0.6) is 5.75 Å². The predicted octanol–water partition coefficient (Wildman–Crippen LogP) is 3.51. The number of halogens is 1. The molecule has 0 aromatic heterocycles. The van der Waals surface area contributed by atoms with E-state index in [1.807, 2.05) is 6.07 Å². The largest absolute Gasteiger partial charge is 0.497 e. The highest BCUT2D eigenvalue weighted by atomic mass is 19.1. The zero-order valence-corrected chi connectivity index (χ0v) is 10.5. The number of hydrogen-bond acceptors (Lipinski definition) is 2. The fourth-order valence-corrected chi connectivity index (χ4v) is 1.95. The molecular weight excluding hydrogens is 231 g/mol. The van der Waals surface area contributed by atoms with Gasteiger partial charge in [0.05, 0.1) is 7.11 Å². The molecule has 0 unspecified atom stereocenters. The van der Waals surface area contributed by atoms with Crippen LogP contribution >= 0.6 is 0 Å². The number of fused-ring (bicyclic) bond motifs is 1. The topological polar surface area (TPSA) is 26.3 Å². The van der Waals surface area contributed by atoms with E-state index in [1.54, 1.807) is 31.4 Å². The minimum atomic E-state index is -0.239. The molecular formula is C15H15FO2. The van der Waals surface area contributed by atoms with Gasteiger partial charge in [0.25, 0.3) is 0 Å². The molecule has 0 aliphatic carbocycles. The van der Waals surface area contributed by atoms with Gasteiger partial charge < -0.3 is 9.53 Å². The van der Waals surface area contributed by atoms with Gasteiger partial charge in [-0.2, -0.15) is 0 Å². The van der Waals surface area contributed by atoms with Crippen LogP contribution < -0.4 is 4.74 Å². The molecule has 0 atom stereocenters. The van der Waals surface area contributed by atoms with Gasteiger partial charge in [-0.15, -0.1) is 0 Å². The van der Waals surface area contributed by atoms with Crippen molar-refractivity contribution in [1.29, 1.82) is 0 Å². The molecule has 0 spiro atoms. The van der Waals surface area contributed by atoms with Crippen molar-refractivity contribution in [2.24, 2.45) is 0 Å². The number of rotatable bonds is 4. The Morgan fingerprint density at radius 1 is 1.28 bits per heavy atom. The zero-order chi connectivity index (χ0) is 13.1. The summed E-state index contributed by atoms with van der Waals surface area (Å²) in [7, 11) is 1.58. The summed E-state index contributed by atoms with van der Waals surface area (Å²) >= 11 is 0. The number of benzene rings is 2. The molecule has 3 heteroatoms. The second-order valence-electron chi connectivity index (χ2n) is 4.33. The van der Waals surface area contributed by atoms with E-state index < -0.39 is 0 Å². The SMILES string of the molecule is COc1ccc2c(F)c(CCC(C)=O)ccc2c1. The molecule has 0 fully saturated rings. The highest BCUT2D eigenvalue weighted by Gasteiger charge is 2.08. The highest BCUT2D eigenvalue weighted by molar-refractivity contribution is 5.85. The van der Waals surface area contributed by atoms with E-state index in [-0.39, 0.29) is 11.6 Å². The van der Waals surface area contributed by atoms with Gasteiger partial charge in [0.15, 0.2) is 0 Å². The normalized spacial score (nSPS) is 10.6. The summed E-state index contributed by atoms with van der Waals surface area (Å²) in [6.45, 7) is 1.52. The van der Waals surface area contributed by atoms with Gasteiger partial charge in [-0.05, 0) is 42.5 Å². The van der Waals surface area contributed by atoms with Crippen LogP contribution in [-0.4, -0.2) is 12.9 Å². The van der Waals surface area contributed by atoms with Crippen molar-refractivity contribution in [3.05, 3.63) is 41.7 Å². The second kappa shape index (κ2) is 5.17. The van der Waals surface area contributed by atoms with Gasteiger partial charge in [-0.25, -0.2) is 4.39 Å². The maximum atomic E-state index is 14.2. The van der Waals surface area contributed by atoms with Crippen LogP contribution in [0.2, 0.25) is 0 Å². The Bertz CT molecular complexity index is 590. The smallest absolute Gasteiger partial charge is 0.134 e. The summed E-state index contributed by atoms with van der Waals surface area (Å²) in [6, 6.07) is 8.84. The van der Waals surface area contributed by atoms with Crippen molar-refractivity contribution in [1.82, 2.24) is 0 Å². The van der Waals surface area contributed by atoms with Crippen LogP contribution in [0.3, 0.4) is 0 Å². The van der Waals surface area contributed by atoms with Crippen LogP contribution in [0.1, 0.15) is 18.9 Å². The van der Waals surface area contributed by atoms with E-state index in [1.165, 1.54) is 6.92 Å². The lowest BCUT2D eigenvalue weighted by Gasteiger charge is -2.07. The molecule has 0 heterocycles. The number of ketones is 1. The Morgan fingerprint density at radius 3 is 2.72 bits per heavy atom. The van der Waals surface area contributed by atoms with E-state index in [2.05, 4.69) is 0 Å². The summed E-state index contributed by atoms with van der Waals surface area (Å²) in [5, 5.41) is 1.37. The molecule has 2 nitrogen and oxygen atoms in total. The summed E-state index contributed by atoms with van der Waals surface area (Å²) < 4.78 is 19.3. The van der Waals surface area contributed by atoms with Gasteiger partial charge in [0.2, 0.25) is 0 Å². The molecule has 0 saturated carbocycles. The Labute approximate surface area is 105 Å². The fourth-order valence-electron chi connectivity index (χ4n) is 1.95. The monoisotopic (exact) mass is 246 g/mol. The lowest BCUT2D eigenvalue weighted by Crippen LogP contribution is -1.97. The number of aryl methyl sites for hydroxylation is 1. The van der Waals surface area contributed by atoms with Gasteiger partial charge in [-0.1, -0.05) is 12.1 Å². The van der Waals surface area contributed by atoms with Crippen molar-refractivity contribution in [3.8, 4) is 5.75 Å². The van der Waals surface area contributed by atoms with Gasteiger partial charge >= 0.3 is 0 Å². The van der Waals surface area contributed by atoms with E-state index in [0.717, 1.165) is 5.39 Å².